The first-order valence-corrected chi connectivity index (χ1v) is 6.81. The topological polar surface area (TPSA) is 25.8 Å². The smallest absolute Gasteiger partial charge is 0.161 e. The van der Waals surface area contributed by atoms with E-state index in [1.54, 1.807) is 19.1 Å². The average Bonchev–Trinajstić information content (AvgIpc) is 2.45. The standard InChI is InChI=1S/C15H8Cl2F2N2/c1-7-2-3-8(6-11(7)19)15-20-13-10(18)5-4-9(16)12(13)14(17)21-15/h2-6H,1H3. The van der Waals surface area contributed by atoms with Crippen LogP contribution >= 0.6 is 23.2 Å². The first-order chi connectivity index (χ1) is 9.97. The first-order valence-electron chi connectivity index (χ1n) is 6.05. The van der Waals surface area contributed by atoms with Gasteiger partial charge in [0, 0.05) is 5.56 Å². The van der Waals surface area contributed by atoms with Gasteiger partial charge in [0.2, 0.25) is 0 Å². The van der Waals surface area contributed by atoms with Gasteiger partial charge in [0.15, 0.2) is 5.82 Å². The molecule has 0 fully saturated rings. The predicted octanol–water partition coefficient (Wildman–Crippen LogP) is 5.19. The molecule has 3 rings (SSSR count). The van der Waals surface area contributed by atoms with Crippen molar-refractivity contribution in [1.82, 2.24) is 9.97 Å². The fourth-order valence-electron chi connectivity index (χ4n) is 1.99. The molecule has 0 radical (unpaired) electrons. The number of halogens is 4. The number of benzene rings is 2. The molecule has 0 saturated carbocycles. The van der Waals surface area contributed by atoms with E-state index in [4.69, 9.17) is 23.2 Å². The molecule has 21 heavy (non-hydrogen) atoms. The Labute approximate surface area is 129 Å². The van der Waals surface area contributed by atoms with E-state index >= 15 is 0 Å². The minimum Gasteiger partial charge on any atom is -0.225 e. The molecule has 2 nitrogen and oxygen atoms in total. The zero-order valence-corrected chi connectivity index (χ0v) is 12.3. The maximum atomic E-state index is 13.9. The monoisotopic (exact) mass is 324 g/mol. The van der Waals surface area contributed by atoms with Crippen LogP contribution in [0.25, 0.3) is 22.3 Å². The maximum Gasteiger partial charge on any atom is 0.161 e. The number of fused-ring (bicyclic) bond motifs is 1. The molecule has 106 valence electrons. The molecule has 2 aromatic carbocycles. The summed E-state index contributed by atoms with van der Waals surface area (Å²) in [6.07, 6.45) is 0. The van der Waals surface area contributed by atoms with Crippen molar-refractivity contribution in [1.29, 1.82) is 0 Å². The highest BCUT2D eigenvalue weighted by atomic mass is 35.5. The third kappa shape index (κ3) is 2.45. The maximum absolute atomic E-state index is 13.9. The molecule has 0 amide bonds. The third-order valence-corrected chi connectivity index (χ3v) is 3.72. The lowest BCUT2D eigenvalue weighted by molar-refractivity contribution is 0.619. The van der Waals surface area contributed by atoms with Crippen LogP contribution in [-0.2, 0) is 0 Å². The lowest BCUT2D eigenvalue weighted by Gasteiger charge is -2.07. The van der Waals surface area contributed by atoms with Gasteiger partial charge in [-0.1, -0.05) is 35.3 Å². The number of aryl methyl sites for hydroxylation is 1. The normalized spacial score (nSPS) is 11.1. The summed E-state index contributed by atoms with van der Waals surface area (Å²) in [5, 5.41) is 0.535. The van der Waals surface area contributed by atoms with Crippen LogP contribution in [0.15, 0.2) is 30.3 Å². The molecule has 0 atom stereocenters. The molecular weight excluding hydrogens is 317 g/mol. The molecule has 0 aliphatic rings. The van der Waals surface area contributed by atoms with Gasteiger partial charge in [-0.05, 0) is 30.7 Å². The minimum absolute atomic E-state index is 0.0125. The van der Waals surface area contributed by atoms with Crippen LogP contribution < -0.4 is 0 Å². The van der Waals surface area contributed by atoms with E-state index < -0.39 is 5.82 Å². The van der Waals surface area contributed by atoms with Gasteiger partial charge in [-0.15, -0.1) is 0 Å². The van der Waals surface area contributed by atoms with Crippen molar-refractivity contribution >= 4 is 34.1 Å². The van der Waals surface area contributed by atoms with Crippen LogP contribution in [-0.4, -0.2) is 9.97 Å². The fraction of sp³-hybridized carbons (Fsp3) is 0.0667. The summed E-state index contributed by atoms with van der Waals surface area (Å²) in [7, 11) is 0. The van der Waals surface area contributed by atoms with Gasteiger partial charge < -0.3 is 0 Å². The van der Waals surface area contributed by atoms with Crippen LogP contribution in [0.2, 0.25) is 10.2 Å². The molecule has 1 aromatic heterocycles. The fourth-order valence-corrected chi connectivity index (χ4v) is 2.55. The Kier molecular flexibility index (Phi) is 3.51. The van der Waals surface area contributed by atoms with Gasteiger partial charge in [0.05, 0.1) is 10.4 Å². The highest BCUT2D eigenvalue weighted by molar-refractivity contribution is 6.41. The first kappa shape index (κ1) is 14.2. The Balaban J connectivity index is 2.30. The summed E-state index contributed by atoms with van der Waals surface area (Å²) < 4.78 is 27.5. The van der Waals surface area contributed by atoms with E-state index in [-0.39, 0.29) is 32.7 Å². The number of hydrogen-bond donors (Lipinski definition) is 0. The molecule has 0 unspecified atom stereocenters. The van der Waals surface area contributed by atoms with Crippen molar-refractivity contribution < 1.29 is 8.78 Å². The average molecular weight is 325 g/mol. The third-order valence-electron chi connectivity index (χ3n) is 3.14. The van der Waals surface area contributed by atoms with Gasteiger partial charge in [-0.25, -0.2) is 18.7 Å². The Bertz CT molecular complexity index is 866. The molecule has 0 saturated heterocycles. The van der Waals surface area contributed by atoms with Crippen molar-refractivity contribution in [2.24, 2.45) is 0 Å². The second-order valence-electron chi connectivity index (χ2n) is 4.55. The molecule has 6 heteroatoms. The summed E-state index contributed by atoms with van der Waals surface area (Å²) >= 11 is 12.1. The summed E-state index contributed by atoms with van der Waals surface area (Å²) in [6.45, 7) is 1.65. The van der Waals surface area contributed by atoms with E-state index in [1.165, 1.54) is 18.2 Å². The molecule has 0 aliphatic carbocycles. The number of rotatable bonds is 1. The SMILES string of the molecule is Cc1ccc(-c2nc(Cl)c3c(Cl)ccc(F)c3n2)cc1F. The summed E-state index contributed by atoms with van der Waals surface area (Å²) in [6, 6.07) is 7.13. The Hall–Kier alpha value is -1.78. The molecule has 0 N–H and O–H groups in total. The molecule has 1 heterocycles. The van der Waals surface area contributed by atoms with Crippen LogP contribution in [0.4, 0.5) is 8.78 Å². The van der Waals surface area contributed by atoms with Crippen molar-refractivity contribution in [3.05, 3.63) is 57.7 Å². The molecule has 0 aliphatic heterocycles. The van der Waals surface area contributed by atoms with Crippen molar-refractivity contribution in [2.45, 2.75) is 6.92 Å². The van der Waals surface area contributed by atoms with Crippen LogP contribution in [0.5, 0.6) is 0 Å². The number of aromatic nitrogens is 2. The van der Waals surface area contributed by atoms with Crippen molar-refractivity contribution in [3.63, 3.8) is 0 Å². The summed E-state index contributed by atoms with van der Waals surface area (Å²) in [5.74, 6) is -0.806. The van der Waals surface area contributed by atoms with Crippen molar-refractivity contribution in [3.8, 4) is 11.4 Å². The zero-order chi connectivity index (χ0) is 15.1. The second kappa shape index (κ2) is 5.20. The van der Waals surface area contributed by atoms with E-state index in [9.17, 15) is 8.78 Å². The van der Waals surface area contributed by atoms with E-state index in [1.807, 2.05) is 0 Å². The van der Waals surface area contributed by atoms with E-state index in [0.29, 0.717) is 11.1 Å². The van der Waals surface area contributed by atoms with Crippen LogP contribution in [0, 0.1) is 18.6 Å². The molecule has 3 aromatic rings. The lowest BCUT2D eigenvalue weighted by atomic mass is 10.1. The Morgan fingerprint density at radius 1 is 0.952 bits per heavy atom. The highest BCUT2D eigenvalue weighted by Crippen LogP contribution is 2.32. The van der Waals surface area contributed by atoms with E-state index in [0.717, 1.165) is 0 Å². The Morgan fingerprint density at radius 2 is 1.71 bits per heavy atom. The van der Waals surface area contributed by atoms with Crippen LogP contribution in [0.3, 0.4) is 0 Å². The van der Waals surface area contributed by atoms with E-state index in [2.05, 4.69) is 9.97 Å². The second-order valence-corrected chi connectivity index (χ2v) is 5.32. The molecule has 0 bridgehead atoms. The number of nitrogens with zero attached hydrogens (tertiary/aromatic N) is 2. The van der Waals surface area contributed by atoms with Gasteiger partial charge >= 0.3 is 0 Å². The Morgan fingerprint density at radius 3 is 2.43 bits per heavy atom. The highest BCUT2D eigenvalue weighted by Gasteiger charge is 2.14. The van der Waals surface area contributed by atoms with Crippen LogP contribution in [0.1, 0.15) is 5.56 Å². The van der Waals surface area contributed by atoms with Gasteiger partial charge in [-0.3, -0.25) is 0 Å². The summed E-state index contributed by atoms with van der Waals surface area (Å²) in [5.41, 5.74) is 0.930. The van der Waals surface area contributed by atoms with Gasteiger partial charge in [-0.2, -0.15) is 0 Å². The minimum atomic E-state index is -0.562. The molecule has 0 spiro atoms. The largest absolute Gasteiger partial charge is 0.225 e. The quantitative estimate of drug-likeness (QED) is 0.575. The van der Waals surface area contributed by atoms with Gasteiger partial charge in [0.25, 0.3) is 0 Å². The predicted molar refractivity (Wildman–Crippen MR) is 79.6 cm³/mol. The lowest BCUT2D eigenvalue weighted by Crippen LogP contribution is -1.95. The molecular formula is C15H8Cl2F2N2. The number of hydrogen-bond acceptors (Lipinski definition) is 2. The summed E-state index contributed by atoms with van der Waals surface area (Å²) in [4.78, 5) is 8.20. The zero-order valence-electron chi connectivity index (χ0n) is 10.8. The van der Waals surface area contributed by atoms with Gasteiger partial charge in [0.1, 0.15) is 22.3 Å². The van der Waals surface area contributed by atoms with Crippen molar-refractivity contribution in [2.75, 3.05) is 0 Å².